The maximum Gasteiger partial charge on any atom is 0.416 e. The Morgan fingerprint density at radius 1 is 0.950 bits per heavy atom. The van der Waals surface area contributed by atoms with Gasteiger partial charge in [0.05, 0.1) is 11.7 Å². The Morgan fingerprint density at radius 3 is 2.30 bits per heavy atom. The van der Waals surface area contributed by atoms with E-state index in [2.05, 4.69) is 0 Å². The molecule has 0 heterocycles. The number of aliphatic hydroxyl groups excluding tert-OH is 1. The number of benzene rings is 2. The van der Waals surface area contributed by atoms with E-state index >= 15 is 0 Å². The molecule has 0 saturated carbocycles. The lowest BCUT2D eigenvalue weighted by atomic mass is 10.00. The predicted octanol–water partition coefficient (Wildman–Crippen LogP) is 4.37. The maximum atomic E-state index is 12.6. The maximum absolute atomic E-state index is 12.6. The zero-order chi connectivity index (χ0) is 14.6. The molecule has 2 aromatic carbocycles. The second kappa shape index (κ2) is 6.09. The van der Waals surface area contributed by atoms with Crippen LogP contribution in [0.4, 0.5) is 13.2 Å². The average molecular weight is 280 g/mol. The van der Waals surface area contributed by atoms with Gasteiger partial charge in [0.15, 0.2) is 0 Å². The molecule has 1 atom stereocenters. The smallest absolute Gasteiger partial charge is 0.388 e. The van der Waals surface area contributed by atoms with Crippen molar-refractivity contribution in [3.8, 4) is 0 Å². The van der Waals surface area contributed by atoms with Crippen molar-refractivity contribution in [2.45, 2.75) is 25.1 Å². The molecular formula is C16H15F3O. The Bertz CT molecular complexity index is 549. The minimum Gasteiger partial charge on any atom is -0.388 e. The van der Waals surface area contributed by atoms with Crippen molar-refractivity contribution >= 4 is 0 Å². The fraction of sp³-hybridized carbons (Fsp3) is 0.250. The summed E-state index contributed by atoms with van der Waals surface area (Å²) in [5.74, 6) is 0. The molecule has 0 spiro atoms. The lowest BCUT2D eigenvalue weighted by molar-refractivity contribution is -0.137. The monoisotopic (exact) mass is 280 g/mol. The second-order valence-electron chi connectivity index (χ2n) is 4.66. The number of alkyl halides is 3. The molecule has 1 N–H and O–H groups in total. The van der Waals surface area contributed by atoms with E-state index in [0.717, 1.165) is 17.7 Å². The molecule has 0 bridgehead atoms. The predicted molar refractivity (Wildman–Crippen MR) is 71.2 cm³/mol. The third-order valence-electron chi connectivity index (χ3n) is 3.15. The summed E-state index contributed by atoms with van der Waals surface area (Å²) in [6.45, 7) is 0. The molecule has 2 rings (SSSR count). The Hall–Kier alpha value is -1.81. The Kier molecular flexibility index (Phi) is 4.45. The van der Waals surface area contributed by atoms with Crippen LogP contribution < -0.4 is 0 Å². The van der Waals surface area contributed by atoms with Crippen LogP contribution in [0.2, 0.25) is 0 Å². The zero-order valence-electron chi connectivity index (χ0n) is 10.8. The molecule has 0 radical (unpaired) electrons. The molecule has 1 nitrogen and oxygen atoms in total. The number of rotatable bonds is 4. The minimum absolute atomic E-state index is 0.302. The molecule has 0 saturated heterocycles. The first-order valence-electron chi connectivity index (χ1n) is 6.36. The molecule has 2 aromatic rings. The molecule has 20 heavy (non-hydrogen) atoms. The third kappa shape index (κ3) is 3.84. The van der Waals surface area contributed by atoms with Gasteiger partial charge >= 0.3 is 6.18 Å². The highest BCUT2D eigenvalue weighted by atomic mass is 19.4. The van der Waals surface area contributed by atoms with E-state index in [4.69, 9.17) is 0 Å². The molecule has 1 unspecified atom stereocenters. The molecule has 0 aromatic heterocycles. The van der Waals surface area contributed by atoms with Crippen LogP contribution >= 0.6 is 0 Å². The van der Waals surface area contributed by atoms with Gasteiger partial charge < -0.3 is 5.11 Å². The quantitative estimate of drug-likeness (QED) is 0.881. The number of hydrogen-bond donors (Lipinski definition) is 1. The highest BCUT2D eigenvalue weighted by molar-refractivity contribution is 5.27. The summed E-state index contributed by atoms with van der Waals surface area (Å²) < 4.78 is 37.8. The lowest BCUT2D eigenvalue weighted by Gasteiger charge is -2.13. The summed E-state index contributed by atoms with van der Waals surface area (Å²) in [4.78, 5) is 0. The first kappa shape index (κ1) is 14.6. The Labute approximate surface area is 115 Å². The largest absolute Gasteiger partial charge is 0.416 e. The summed E-state index contributed by atoms with van der Waals surface area (Å²) in [6.07, 6.45) is -4.25. The highest BCUT2D eigenvalue weighted by Crippen LogP contribution is 2.31. The van der Waals surface area contributed by atoms with Crippen LogP contribution in [0.15, 0.2) is 54.6 Å². The van der Waals surface area contributed by atoms with Gasteiger partial charge in [0.1, 0.15) is 0 Å². The van der Waals surface area contributed by atoms with E-state index < -0.39 is 17.8 Å². The van der Waals surface area contributed by atoms with Crippen LogP contribution in [-0.4, -0.2) is 5.11 Å². The van der Waals surface area contributed by atoms with Gasteiger partial charge in [0.25, 0.3) is 0 Å². The highest BCUT2D eigenvalue weighted by Gasteiger charge is 2.30. The normalized spacial score (nSPS) is 13.2. The SMILES string of the molecule is OC(CCc1ccccc1)c1cccc(C(F)(F)F)c1. The van der Waals surface area contributed by atoms with Crippen molar-refractivity contribution in [1.29, 1.82) is 0 Å². The van der Waals surface area contributed by atoms with Gasteiger partial charge in [-0.05, 0) is 36.1 Å². The first-order valence-corrected chi connectivity index (χ1v) is 6.36. The number of hydrogen-bond acceptors (Lipinski definition) is 1. The molecule has 106 valence electrons. The van der Waals surface area contributed by atoms with Crippen LogP contribution in [0.3, 0.4) is 0 Å². The van der Waals surface area contributed by atoms with E-state index in [1.807, 2.05) is 30.3 Å². The Balaban J connectivity index is 2.04. The second-order valence-corrected chi connectivity index (χ2v) is 4.66. The molecule has 0 aliphatic heterocycles. The fourth-order valence-corrected chi connectivity index (χ4v) is 2.04. The van der Waals surface area contributed by atoms with E-state index in [1.165, 1.54) is 12.1 Å². The van der Waals surface area contributed by atoms with Gasteiger partial charge in [-0.25, -0.2) is 0 Å². The number of aliphatic hydroxyl groups is 1. The van der Waals surface area contributed by atoms with E-state index in [1.54, 1.807) is 0 Å². The fourth-order valence-electron chi connectivity index (χ4n) is 2.04. The van der Waals surface area contributed by atoms with E-state index in [-0.39, 0.29) is 0 Å². The van der Waals surface area contributed by atoms with Gasteiger partial charge in [0.2, 0.25) is 0 Å². The summed E-state index contributed by atoms with van der Waals surface area (Å²) in [6, 6.07) is 14.4. The summed E-state index contributed by atoms with van der Waals surface area (Å²) >= 11 is 0. The molecular weight excluding hydrogens is 265 g/mol. The van der Waals surface area contributed by atoms with Gasteiger partial charge in [-0.15, -0.1) is 0 Å². The van der Waals surface area contributed by atoms with Crippen molar-refractivity contribution in [2.75, 3.05) is 0 Å². The third-order valence-corrected chi connectivity index (χ3v) is 3.15. The standard InChI is InChI=1S/C16H15F3O/c17-16(18,19)14-8-4-7-13(11-14)15(20)10-9-12-5-2-1-3-6-12/h1-8,11,15,20H,9-10H2. The van der Waals surface area contributed by atoms with Crippen LogP contribution in [0.1, 0.15) is 29.2 Å². The summed E-state index contributed by atoms with van der Waals surface area (Å²) in [5.41, 5.74) is 0.628. The van der Waals surface area contributed by atoms with Gasteiger partial charge in [-0.2, -0.15) is 13.2 Å². The van der Waals surface area contributed by atoms with Gasteiger partial charge in [0, 0.05) is 0 Å². The number of aryl methyl sites for hydroxylation is 1. The number of halogens is 3. The summed E-state index contributed by atoms with van der Waals surface area (Å²) in [7, 11) is 0. The van der Waals surface area contributed by atoms with Crippen molar-refractivity contribution in [1.82, 2.24) is 0 Å². The molecule has 0 aliphatic rings. The first-order chi connectivity index (χ1) is 9.47. The van der Waals surface area contributed by atoms with Crippen LogP contribution in [0.25, 0.3) is 0 Å². The van der Waals surface area contributed by atoms with Crippen molar-refractivity contribution in [3.05, 3.63) is 71.3 Å². The van der Waals surface area contributed by atoms with Crippen molar-refractivity contribution in [3.63, 3.8) is 0 Å². The lowest BCUT2D eigenvalue weighted by Crippen LogP contribution is -2.07. The van der Waals surface area contributed by atoms with Gasteiger partial charge in [-0.3, -0.25) is 0 Å². The van der Waals surface area contributed by atoms with Crippen LogP contribution in [0.5, 0.6) is 0 Å². The van der Waals surface area contributed by atoms with E-state index in [0.29, 0.717) is 18.4 Å². The van der Waals surface area contributed by atoms with Crippen LogP contribution in [0, 0.1) is 0 Å². The minimum atomic E-state index is -4.38. The molecule has 0 aliphatic carbocycles. The molecule has 4 heteroatoms. The molecule has 0 amide bonds. The zero-order valence-corrected chi connectivity index (χ0v) is 10.8. The van der Waals surface area contributed by atoms with Crippen molar-refractivity contribution in [2.24, 2.45) is 0 Å². The van der Waals surface area contributed by atoms with E-state index in [9.17, 15) is 18.3 Å². The summed E-state index contributed by atoms with van der Waals surface area (Å²) in [5, 5.41) is 10.0. The van der Waals surface area contributed by atoms with Crippen LogP contribution in [-0.2, 0) is 12.6 Å². The topological polar surface area (TPSA) is 20.2 Å². The Morgan fingerprint density at radius 2 is 1.65 bits per heavy atom. The molecule has 0 fully saturated rings. The van der Waals surface area contributed by atoms with Gasteiger partial charge in [-0.1, -0.05) is 42.5 Å². The average Bonchev–Trinajstić information content (AvgIpc) is 2.45. The van der Waals surface area contributed by atoms with Crippen molar-refractivity contribution < 1.29 is 18.3 Å².